The minimum absolute atomic E-state index is 0.248. The second kappa shape index (κ2) is 8.12. The van der Waals surface area contributed by atoms with Gasteiger partial charge in [0, 0.05) is 5.02 Å². The van der Waals surface area contributed by atoms with Crippen LogP contribution in [0.5, 0.6) is 0 Å². The number of aryl methyl sites for hydroxylation is 1. The molecule has 168 valence electrons. The van der Waals surface area contributed by atoms with Gasteiger partial charge in [0.25, 0.3) is 0 Å². The van der Waals surface area contributed by atoms with Crippen LogP contribution in [-0.2, 0) is 7.05 Å². The van der Waals surface area contributed by atoms with E-state index in [1.807, 2.05) is 17.8 Å². The van der Waals surface area contributed by atoms with Crippen molar-refractivity contribution < 1.29 is 13.6 Å². The van der Waals surface area contributed by atoms with Crippen LogP contribution in [0.15, 0.2) is 48.9 Å². The number of carbonyl (C=O) groups is 1. The first-order chi connectivity index (χ1) is 15.7. The third kappa shape index (κ3) is 3.67. The van der Waals surface area contributed by atoms with Crippen molar-refractivity contribution >= 4 is 55.7 Å². The number of likely N-dealkylation sites (N-methyl/N-ethyl adjacent to an activating group) is 1. The molecule has 5 rings (SSSR count). The number of hydrogen-bond acceptors (Lipinski definition) is 3. The Hall–Kier alpha value is -2.96. The van der Waals surface area contributed by atoms with E-state index in [9.17, 15) is 9.18 Å². The van der Waals surface area contributed by atoms with Gasteiger partial charge in [-0.3, -0.25) is 0 Å². The van der Waals surface area contributed by atoms with Gasteiger partial charge in [0.15, 0.2) is 0 Å². The van der Waals surface area contributed by atoms with E-state index in [4.69, 9.17) is 11.6 Å². The van der Waals surface area contributed by atoms with Crippen LogP contribution in [0, 0.1) is 11.6 Å². The summed E-state index contributed by atoms with van der Waals surface area (Å²) in [4.78, 5) is 24.5. The summed E-state index contributed by atoms with van der Waals surface area (Å²) >= 11 is 7.34. The van der Waals surface area contributed by atoms with Crippen molar-refractivity contribution in [2.45, 2.75) is 6.04 Å². The number of nitrogens with zero attached hydrogens (tertiary/aromatic N) is 5. The number of aromatic nitrogens is 3. The molecule has 2 unspecified atom stereocenters. The summed E-state index contributed by atoms with van der Waals surface area (Å²) in [6.07, 6.45) is 3.33. The fraction of sp³-hybridized carbons (Fsp3) is 0.174. The molecule has 33 heavy (non-hydrogen) atoms. The van der Waals surface area contributed by atoms with Gasteiger partial charge in [-0.25, -0.2) is 4.39 Å². The number of anilines is 1. The van der Waals surface area contributed by atoms with Crippen LogP contribution in [-0.4, -0.2) is 55.9 Å². The fourth-order valence-electron chi connectivity index (χ4n) is 4.34. The summed E-state index contributed by atoms with van der Waals surface area (Å²) in [5, 5.41) is 1.07. The van der Waals surface area contributed by atoms with Crippen molar-refractivity contribution in [1.82, 2.24) is 19.4 Å². The first-order valence-electron chi connectivity index (χ1n) is 10.1. The van der Waals surface area contributed by atoms with Gasteiger partial charge in [-0.05, 0) is 6.07 Å². The van der Waals surface area contributed by atoms with E-state index in [2.05, 4.69) is 9.97 Å². The van der Waals surface area contributed by atoms with Gasteiger partial charge in [-0.15, -0.1) is 0 Å². The van der Waals surface area contributed by atoms with Crippen LogP contribution in [0.25, 0.3) is 22.2 Å². The van der Waals surface area contributed by atoms with Gasteiger partial charge in [-0.2, -0.15) is 0 Å². The predicted octanol–water partition coefficient (Wildman–Crippen LogP) is 3.44. The third-order valence-electron chi connectivity index (χ3n) is 5.96. The van der Waals surface area contributed by atoms with Gasteiger partial charge in [0.2, 0.25) is 0 Å². The molecule has 3 heterocycles. The van der Waals surface area contributed by atoms with E-state index in [0.29, 0.717) is 22.4 Å². The Morgan fingerprint density at radius 2 is 1.88 bits per heavy atom. The maximum atomic E-state index is 15.3. The van der Waals surface area contributed by atoms with Crippen LogP contribution in [0.3, 0.4) is 0 Å². The number of urea groups is 1. The smallest absolute Gasteiger partial charge is 0.207 e. The monoisotopic (exact) mass is 529 g/mol. The molecular formula is C23H19AsClF2N5O. The van der Waals surface area contributed by atoms with Gasteiger partial charge in [0.1, 0.15) is 5.82 Å². The summed E-state index contributed by atoms with van der Waals surface area (Å²) in [7, 11) is 3.49. The Morgan fingerprint density at radius 1 is 1.09 bits per heavy atom. The zero-order valence-corrected chi connectivity index (χ0v) is 20.9. The summed E-state index contributed by atoms with van der Waals surface area (Å²) < 4.78 is 31.9. The molecule has 10 heteroatoms. The molecule has 0 radical (unpaired) electrons. The van der Waals surface area contributed by atoms with Gasteiger partial charge in [-0.1, -0.05) is 11.6 Å². The first kappa shape index (κ1) is 21.9. The van der Waals surface area contributed by atoms with Gasteiger partial charge >= 0.3 is 170 Å². The topological polar surface area (TPSA) is 54.3 Å². The van der Waals surface area contributed by atoms with E-state index in [1.54, 1.807) is 25.2 Å². The summed E-state index contributed by atoms with van der Waals surface area (Å²) in [5.74, 6) is -0.925. The Morgan fingerprint density at radius 3 is 2.61 bits per heavy atom. The Labute approximate surface area is 202 Å². The molecule has 2 amide bonds. The Balaban J connectivity index is 1.51. The van der Waals surface area contributed by atoms with Crippen LogP contribution < -0.4 is 9.38 Å². The normalized spacial score (nSPS) is 16.3. The zero-order valence-electron chi connectivity index (χ0n) is 17.8. The molecule has 6 nitrogen and oxygen atoms in total. The van der Waals surface area contributed by atoms with E-state index < -0.39 is 17.7 Å². The van der Waals surface area contributed by atoms with E-state index in [0.717, 1.165) is 15.5 Å². The molecule has 0 aliphatic carbocycles. The average Bonchev–Trinajstić information content (AvgIpc) is 3.25. The molecule has 0 spiro atoms. The minimum atomic E-state index is -0.470. The van der Waals surface area contributed by atoms with Crippen molar-refractivity contribution in [2.24, 2.45) is 7.05 Å². The Bertz CT molecular complexity index is 1410. The molecule has 1 aliphatic rings. The van der Waals surface area contributed by atoms with Gasteiger partial charge in [0.05, 0.1) is 0 Å². The molecule has 0 saturated carbocycles. The molecule has 1 saturated heterocycles. The molecule has 4 aromatic rings. The van der Waals surface area contributed by atoms with Crippen molar-refractivity contribution in [3.05, 3.63) is 71.1 Å². The number of halogens is 3. The summed E-state index contributed by atoms with van der Waals surface area (Å²) in [5.41, 5.74) is 2.86. The second-order valence-corrected chi connectivity index (χ2v) is 9.58. The number of hydrogen-bond donors (Lipinski definition) is 0. The van der Waals surface area contributed by atoms with Gasteiger partial charge < -0.3 is 0 Å². The van der Waals surface area contributed by atoms with E-state index >= 15 is 4.39 Å². The molecule has 2 aromatic heterocycles. The number of rotatable bonds is 3. The summed E-state index contributed by atoms with van der Waals surface area (Å²) in [6.45, 7) is 0.248. The molecule has 0 bridgehead atoms. The van der Waals surface area contributed by atoms with Crippen LogP contribution >= 0.6 is 11.6 Å². The zero-order chi connectivity index (χ0) is 23.4. The third-order valence-corrected chi connectivity index (χ3v) is 7.10. The average molecular weight is 530 g/mol. The predicted molar refractivity (Wildman–Crippen MR) is 127 cm³/mol. The second-order valence-electron chi connectivity index (χ2n) is 8.00. The van der Waals surface area contributed by atoms with E-state index in [1.165, 1.54) is 51.2 Å². The van der Waals surface area contributed by atoms with Crippen molar-refractivity contribution in [3.8, 4) is 11.1 Å². The van der Waals surface area contributed by atoms with Crippen molar-refractivity contribution in [3.63, 3.8) is 0 Å². The standard InChI is InChI=1S/C23H19AsClF2N5O/c1-30-9-17(20-21(24)28-11-29-22(20)30)16-4-3-15(8-18(16)27)32-10-19(31(2)23(32)33)12-5-13(25)7-14(26)6-12/h3-9,11,19H,10,24H2,1-2H3. The van der Waals surface area contributed by atoms with Crippen LogP contribution in [0.2, 0.25) is 5.02 Å². The summed E-state index contributed by atoms with van der Waals surface area (Å²) in [6, 6.07) is 8.24. The molecular weight excluding hydrogens is 511 g/mol. The molecule has 2 aromatic carbocycles. The number of amides is 2. The van der Waals surface area contributed by atoms with Crippen molar-refractivity contribution in [1.29, 1.82) is 0 Å². The fourth-order valence-corrected chi connectivity index (χ4v) is 5.31. The molecule has 1 aliphatic heterocycles. The number of fused-ring (bicyclic) bond motifs is 1. The quantitative estimate of drug-likeness (QED) is 0.382. The molecule has 0 N–H and O–H groups in total. The molecule has 1 fully saturated rings. The van der Waals surface area contributed by atoms with Crippen molar-refractivity contribution in [2.75, 3.05) is 18.5 Å². The van der Waals surface area contributed by atoms with Crippen LogP contribution in [0.4, 0.5) is 19.3 Å². The number of carbonyl (C=O) groups excluding carboxylic acids is 1. The minimum Gasteiger partial charge on any atom is -0.207 e. The SMILES string of the molecule is CN1C(=O)N(c2ccc(-c3cn(C)c4ncnc([AsH2])c34)c(F)c2)CC1c1cc(F)cc(Cl)c1. The number of benzene rings is 2. The molecule has 2 atom stereocenters. The maximum absolute atomic E-state index is 15.3. The van der Waals surface area contributed by atoms with Crippen LogP contribution in [0.1, 0.15) is 11.6 Å². The first-order valence-corrected chi connectivity index (χ1v) is 11.7. The Kier molecular flexibility index (Phi) is 5.38. The van der Waals surface area contributed by atoms with E-state index in [-0.39, 0.29) is 17.6 Å².